The van der Waals surface area contributed by atoms with Crippen molar-refractivity contribution in [3.05, 3.63) is 48.0 Å². The number of amides is 1. The maximum absolute atomic E-state index is 13.0. The number of methoxy groups -OCH3 is 1. The summed E-state index contributed by atoms with van der Waals surface area (Å²) in [7, 11) is -2.08. The number of carbonyl (C=O) groups is 1. The van der Waals surface area contributed by atoms with Gasteiger partial charge >= 0.3 is 0 Å². The Morgan fingerprint density at radius 3 is 2.47 bits per heavy atom. The number of rotatable bonds is 5. The first-order valence-corrected chi connectivity index (χ1v) is 11.2. The van der Waals surface area contributed by atoms with Gasteiger partial charge in [-0.1, -0.05) is 12.1 Å². The second-order valence-corrected chi connectivity index (χ2v) is 9.06. The van der Waals surface area contributed by atoms with Crippen molar-refractivity contribution < 1.29 is 27.4 Å². The molecule has 4 rings (SSSR count). The van der Waals surface area contributed by atoms with Crippen LogP contribution in [0.4, 0.5) is 0 Å². The molecule has 160 valence electrons. The van der Waals surface area contributed by atoms with E-state index in [1.807, 2.05) is 24.3 Å². The van der Waals surface area contributed by atoms with Crippen molar-refractivity contribution in [1.82, 2.24) is 9.21 Å². The molecule has 0 bridgehead atoms. The third kappa shape index (κ3) is 4.22. The van der Waals surface area contributed by atoms with Gasteiger partial charge in [0.25, 0.3) is 0 Å². The van der Waals surface area contributed by atoms with E-state index in [1.165, 1.54) is 16.4 Å². The number of piperazine rings is 1. The predicted octanol–water partition coefficient (Wildman–Crippen LogP) is 1.54. The minimum absolute atomic E-state index is 0.0281. The number of carbonyl (C=O) groups excluding carboxylic acids is 1. The Morgan fingerprint density at radius 2 is 1.73 bits per heavy atom. The monoisotopic (exact) mass is 432 g/mol. The van der Waals surface area contributed by atoms with Gasteiger partial charge in [-0.15, -0.1) is 0 Å². The second kappa shape index (κ2) is 8.53. The minimum atomic E-state index is -3.67. The topological polar surface area (TPSA) is 85.4 Å². The van der Waals surface area contributed by atoms with Gasteiger partial charge < -0.3 is 19.1 Å². The van der Waals surface area contributed by atoms with E-state index in [0.717, 1.165) is 5.56 Å². The van der Waals surface area contributed by atoms with Crippen LogP contribution < -0.4 is 14.2 Å². The quantitative estimate of drug-likeness (QED) is 0.713. The summed E-state index contributed by atoms with van der Waals surface area (Å²) in [6, 6.07) is 12.0. The van der Waals surface area contributed by atoms with Gasteiger partial charge in [0.05, 0.1) is 18.4 Å². The van der Waals surface area contributed by atoms with Gasteiger partial charge in [-0.2, -0.15) is 4.31 Å². The first-order valence-electron chi connectivity index (χ1n) is 9.78. The summed E-state index contributed by atoms with van der Waals surface area (Å²) in [5, 5.41) is 0. The first kappa shape index (κ1) is 20.5. The molecule has 9 heteroatoms. The Hall–Kier alpha value is -2.78. The van der Waals surface area contributed by atoms with Crippen LogP contribution in [0.25, 0.3) is 0 Å². The largest absolute Gasteiger partial charge is 0.497 e. The molecule has 2 aromatic rings. The zero-order chi connectivity index (χ0) is 21.1. The average Bonchev–Trinajstić information content (AvgIpc) is 2.79. The molecule has 0 unspecified atom stereocenters. The van der Waals surface area contributed by atoms with E-state index in [4.69, 9.17) is 14.2 Å². The van der Waals surface area contributed by atoms with E-state index in [9.17, 15) is 13.2 Å². The molecule has 0 saturated carbocycles. The van der Waals surface area contributed by atoms with Gasteiger partial charge in [0.15, 0.2) is 11.5 Å². The Kier molecular flexibility index (Phi) is 5.83. The summed E-state index contributed by atoms with van der Waals surface area (Å²) in [6.45, 7) is 2.05. The van der Waals surface area contributed by atoms with E-state index in [2.05, 4.69) is 0 Å². The highest BCUT2D eigenvalue weighted by Gasteiger charge is 2.31. The van der Waals surface area contributed by atoms with E-state index in [0.29, 0.717) is 43.6 Å². The van der Waals surface area contributed by atoms with Crippen LogP contribution in [0.3, 0.4) is 0 Å². The number of fused-ring (bicyclic) bond motifs is 1. The highest BCUT2D eigenvalue weighted by Crippen LogP contribution is 2.33. The smallest absolute Gasteiger partial charge is 0.243 e. The fraction of sp³-hybridized carbons (Fsp3) is 0.381. The number of ether oxygens (including phenoxy) is 3. The third-order valence-electron chi connectivity index (χ3n) is 5.23. The van der Waals surface area contributed by atoms with Crippen molar-refractivity contribution in [3.63, 3.8) is 0 Å². The van der Waals surface area contributed by atoms with E-state index < -0.39 is 10.0 Å². The fourth-order valence-corrected chi connectivity index (χ4v) is 5.02. The molecule has 2 aliphatic rings. The predicted molar refractivity (Wildman–Crippen MR) is 109 cm³/mol. The van der Waals surface area contributed by atoms with Crippen LogP contribution >= 0.6 is 0 Å². The van der Waals surface area contributed by atoms with Gasteiger partial charge in [-0.3, -0.25) is 4.79 Å². The molecule has 1 saturated heterocycles. The molecular formula is C21H24N2O6S. The lowest BCUT2D eigenvalue weighted by Gasteiger charge is -2.34. The first-order chi connectivity index (χ1) is 14.5. The number of nitrogens with zero attached hydrogens (tertiary/aromatic N) is 2. The summed E-state index contributed by atoms with van der Waals surface area (Å²) in [6.07, 6.45) is 0.256. The van der Waals surface area contributed by atoms with Crippen LogP contribution in [0.5, 0.6) is 17.2 Å². The summed E-state index contributed by atoms with van der Waals surface area (Å²) in [5.74, 6) is 1.66. The molecule has 8 nitrogen and oxygen atoms in total. The highest BCUT2D eigenvalue weighted by molar-refractivity contribution is 7.89. The minimum Gasteiger partial charge on any atom is -0.497 e. The van der Waals surface area contributed by atoms with Crippen LogP contribution in [0, 0.1) is 0 Å². The molecule has 0 aliphatic carbocycles. The van der Waals surface area contributed by atoms with Crippen molar-refractivity contribution in [3.8, 4) is 17.2 Å². The Balaban J connectivity index is 1.39. The maximum atomic E-state index is 13.0. The lowest BCUT2D eigenvalue weighted by Crippen LogP contribution is -2.50. The maximum Gasteiger partial charge on any atom is 0.243 e. The van der Waals surface area contributed by atoms with E-state index in [1.54, 1.807) is 18.1 Å². The molecule has 2 aromatic carbocycles. The van der Waals surface area contributed by atoms with Crippen molar-refractivity contribution >= 4 is 15.9 Å². The van der Waals surface area contributed by atoms with Gasteiger partial charge in [0.1, 0.15) is 19.0 Å². The lowest BCUT2D eigenvalue weighted by molar-refractivity contribution is -0.131. The summed E-state index contributed by atoms with van der Waals surface area (Å²) in [4.78, 5) is 14.5. The number of benzene rings is 2. The molecule has 0 N–H and O–H groups in total. The molecule has 30 heavy (non-hydrogen) atoms. The van der Waals surface area contributed by atoms with Crippen molar-refractivity contribution in [1.29, 1.82) is 0 Å². The number of hydrogen-bond donors (Lipinski definition) is 0. The highest BCUT2D eigenvalue weighted by atomic mass is 32.2. The average molecular weight is 432 g/mol. The summed E-state index contributed by atoms with van der Waals surface area (Å²) >= 11 is 0. The Bertz CT molecular complexity index is 1030. The van der Waals surface area contributed by atoms with Crippen LogP contribution in [-0.2, 0) is 21.2 Å². The fourth-order valence-electron chi connectivity index (χ4n) is 3.58. The molecule has 2 aliphatic heterocycles. The van der Waals surface area contributed by atoms with Crippen molar-refractivity contribution in [2.75, 3.05) is 46.5 Å². The van der Waals surface area contributed by atoms with Gasteiger partial charge in [-0.25, -0.2) is 8.42 Å². The molecule has 0 aromatic heterocycles. The lowest BCUT2D eigenvalue weighted by atomic mass is 10.1. The zero-order valence-electron chi connectivity index (χ0n) is 16.7. The molecule has 1 amide bonds. The van der Waals surface area contributed by atoms with Crippen LogP contribution in [0.2, 0.25) is 0 Å². The molecule has 0 atom stereocenters. The summed E-state index contributed by atoms with van der Waals surface area (Å²) in [5.41, 5.74) is 0.866. The SMILES string of the molecule is COc1cccc(CC(=O)N2CCN(S(=O)(=O)c3ccc4c(c3)OCCO4)CC2)c1. The number of hydrogen-bond acceptors (Lipinski definition) is 6. The molecular weight excluding hydrogens is 408 g/mol. The number of sulfonamides is 1. The summed E-state index contributed by atoms with van der Waals surface area (Å²) < 4.78 is 43.6. The van der Waals surface area contributed by atoms with E-state index >= 15 is 0 Å². The second-order valence-electron chi connectivity index (χ2n) is 7.12. The normalized spacial score (nSPS) is 16.9. The molecule has 0 radical (unpaired) electrons. The third-order valence-corrected chi connectivity index (χ3v) is 7.13. The van der Waals surface area contributed by atoms with Crippen molar-refractivity contribution in [2.24, 2.45) is 0 Å². The molecule has 0 spiro atoms. The van der Waals surface area contributed by atoms with E-state index in [-0.39, 0.29) is 30.3 Å². The Labute approximate surface area is 176 Å². The van der Waals surface area contributed by atoms with Crippen LogP contribution in [0.1, 0.15) is 5.56 Å². The Morgan fingerprint density at radius 1 is 1.00 bits per heavy atom. The van der Waals surface area contributed by atoms with Gasteiger partial charge in [0, 0.05) is 32.2 Å². The van der Waals surface area contributed by atoms with Crippen molar-refractivity contribution in [2.45, 2.75) is 11.3 Å². The molecule has 2 heterocycles. The molecule has 1 fully saturated rings. The standard InChI is InChI=1S/C21H24N2O6S/c1-27-17-4-2-3-16(13-17)14-21(24)22-7-9-23(10-8-22)30(25,26)18-5-6-19-20(15-18)29-12-11-28-19/h2-6,13,15H,7-12,14H2,1H3. The van der Waals surface area contributed by atoms with Crippen LogP contribution in [-0.4, -0.2) is 70.0 Å². The van der Waals surface area contributed by atoms with Gasteiger partial charge in [0.2, 0.25) is 15.9 Å². The zero-order valence-corrected chi connectivity index (χ0v) is 17.6. The van der Waals surface area contributed by atoms with Crippen LogP contribution in [0.15, 0.2) is 47.4 Å². The van der Waals surface area contributed by atoms with Gasteiger partial charge in [-0.05, 0) is 29.8 Å².